The minimum atomic E-state index is -0.891. The Morgan fingerprint density at radius 3 is 2.71 bits per heavy atom. The number of anilines is 1. The second-order valence-electron chi connectivity index (χ2n) is 7.68. The molecule has 1 unspecified atom stereocenters. The van der Waals surface area contributed by atoms with Gasteiger partial charge in [0.2, 0.25) is 0 Å². The summed E-state index contributed by atoms with van der Waals surface area (Å²) >= 11 is 0. The Morgan fingerprint density at radius 1 is 1.33 bits per heavy atom. The Balaban J connectivity index is 1.86. The second-order valence-corrected chi connectivity index (χ2v) is 7.68. The van der Waals surface area contributed by atoms with E-state index in [2.05, 4.69) is 28.6 Å². The summed E-state index contributed by atoms with van der Waals surface area (Å²) in [6.07, 6.45) is 3.80. The molecular formula is C19H29N3O2. The van der Waals surface area contributed by atoms with Crippen LogP contribution in [0.4, 0.5) is 5.82 Å². The van der Waals surface area contributed by atoms with Crippen LogP contribution in [0.5, 0.6) is 0 Å². The first kappa shape index (κ1) is 17.2. The predicted octanol–water partition coefficient (Wildman–Crippen LogP) is 3.03. The molecule has 1 saturated heterocycles. The number of nitrogens with zero attached hydrogens (tertiary/aromatic N) is 3. The number of aryl methyl sites for hydroxylation is 1. The number of hydrogen-bond acceptors (Lipinski definition) is 4. The highest BCUT2D eigenvalue weighted by molar-refractivity contribution is 5.93. The van der Waals surface area contributed by atoms with E-state index in [-0.39, 0.29) is 0 Å². The molecule has 1 saturated carbocycles. The molecule has 3 rings (SSSR count). The van der Waals surface area contributed by atoms with Crippen molar-refractivity contribution in [2.24, 2.45) is 11.8 Å². The number of rotatable bonds is 5. The molecule has 1 aliphatic heterocycles. The average molecular weight is 331 g/mol. The fraction of sp³-hybridized carbons (Fsp3) is 0.684. The van der Waals surface area contributed by atoms with Crippen LogP contribution in [-0.4, -0.2) is 53.2 Å². The maximum atomic E-state index is 11.6. The van der Waals surface area contributed by atoms with Crippen LogP contribution in [0, 0.1) is 18.8 Å². The van der Waals surface area contributed by atoms with Gasteiger partial charge < -0.3 is 10.0 Å². The molecule has 2 aliphatic rings. The average Bonchev–Trinajstić information content (AvgIpc) is 3.34. The van der Waals surface area contributed by atoms with Crippen molar-refractivity contribution in [3.05, 3.63) is 23.4 Å². The third-order valence-corrected chi connectivity index (χ3v) is 5.25. The zero-order valence-electron chi connectivity index (χ0n) is 15.0. The van der Waals surface area contributed by atoms with Crippen molar-refractivity contribution in [3.63, 3.8) is 0 Å². The Morgan fingerprint density at radius 2 is 2.08 bits per heavy atom. The highest BCUT2D eigenvalue weighted by atomic mass is 16.4. The first-order valence-electron chi connectivity index (χ1n) is 9.15. The molecule has 1 aromatic heterocycles. The quantitative estimate of drug-likeness (QED) is 0.899. The molecule has 5 heteroatoms. The lowest BCUT2D eigenvalue weighted by Crippen LogP contribution is -2.45. The zero-order valence-corrected chi connectivity index (χ0v) is 15.0. The van der Waals surface area contributed by atoms with Crippen LogP contribution in [-0.2, 0) is 0 Å². The molecule has 2 fully saturated rings. The van der Waals surface area contributed by atoms with Gasteiger partial charge in [-0.1, -0.05) is 13.8 Å². The van der Waals surface area contributed by atoms with Gasteiger partial charge in [0.05, 0.1) is 0 Å². The van der Waals surface area contributed by atoms with Gasteiger partial charge in [-0.15, -0.1) is 0 Å². The molecule has 5 nitrogen and oxygen atoms in total. The molecule has 0 bridgehead atoms. The van der Waals surface area contributed by atoms with Gasteiger partial charge in [0.25, 0.3) is 0 Å². The molecular weight excluding hydrogens is 302 g/mol. The van der Waals surface area contributed by atoms with Crippen LogP contribution in [0.2, 0.25) is 0 Å². The summed E-state index contributed by atoms with van der Waals surface area (Å²) < 4.78 is 0. The summed E-state index contributed by atoms with van der Waals surface area (Å²) in [6.45, 7) is 10.5. The van der Waals surface area contributed by atoms with Gasteiger partial charge in [0.1, 0.15) is 11.4 Å². The zero-order chi connectivity index (χ0) is 17.3. The number of carbonyl (C=O) groups is 1. The Bertz CT molecular complexity index is 598. The fourth-order valence-electron chi connectivity index (χ4n) is 3.70. The number of pyridine rings is 1. The van der Waals surface area contributed by atoms with Crippen molar-refractivity contribution in [1.29, 1.82) is 0 Å². The van der Waals surface area contributed by atoms with E-state index < -0.39 is 5.97 Å². The first-order chi connectivity index (χ1) is 11.5. The number of carboxylic acids is 1. The van der Waals surface area contributed by atoms with Crippen LogP contribution >= 0.6 is 0 Å². The van der Waals surface area contributed by atoms with E-state index in [1.807, 2.05) is 6.92 Å². The van der Waals surface area contributed by atoms with Crippen molar-refractivity contribution in [1.82, 2.24) is 9.88 Å². The third-order valence-electron chi connectivity index (χ3n) is 5.25. The van der Waals surface area contributed by atoms with Gasteiger partial charge >= 0.3 is 5.97 Å². The van der Waals surface area contributed by atoms with Crippen LogP contribution in [0.3, 0.4) is 0 Å². The monoisotopic (exact) mass is 331 g/mol. The fourth-order valence-corrected chi connectivity index (χ4v) is 3.70. The smallest absolute Gasteiger partial charge is 0.339 e. The van der Waals surface area contributed by atoms with E-state index >= 15 is 0 Å². The lowest BCUT2D eigenvalue weighted by atomic mass is 10.0. The Kier molecular flexibility index (Phi) is 5.09. The van der Waals surface area contributed by atoms with E-state index in [4.69, 9.17) is 0 Å². The number of carboxylic acid groups (broad SMARTS) is 1. The molecule has 0 aromatic carbocycles. The highest BCUT2D eigenvalue weighted by Gasteiger charge is 2.33. The van der Waals surface area contributed by atoms with Crippen molar-refractivity contribution in [3.8, 4) is 0 Å². The summed E-state index contributed by atoms with van der Waals surface area (Å²) in [6, 6.07) is 3.93. The maximum absolute atomic E-state index is 11.6. The lowest BCUT2D eigenvalue weighted by Gasteiger charge is -2.35. The van der Waals surface area contributed by atoms with Gasteiger partial charge in [0.15, 0.2) is 0 Å². The lowest BCUT2D eigenvalue weighted by molar-refractivity contribution is 0.0697. The van der Waals surface area contributed by atoms with Crippen molar-refractivity contribution in [2.45, 2.75) is 46.1 Å². The minimum absolute atomic E-state index is 0.318. The summed E-state index contributed by atoms with van der Waals surface area (Å²) in [4.78, 5) is 21.0. The van der Waals surface area contributed by atoms with Crippen LogP contribution < -0.4 is 4.90 Å². The van der Waals surface area contributed by atoms with Gasteiger partial charge in [0, 0.05) is 37.9 Å². The highest BCUT2D eigenvalue weighted by Crippen LogP contribution is 2.32. The molecule has 132 valence electrons. The van der Waals surface area contributed by atoms with Crippen molar-refractivity contribution < 1.29 is 9.90 Å². The van der Waals surface area contributed by atoms with E-state index in [1.54, 1.807) is 12.1 Å². The second kappa shape index (κ2) is 7.09. The maximum Gasteiger partial charge on any atom is 0.339 e. The number of aromatic carboxylic acids is 1. The molecule has 2 heterocycles. The summed E-state index contributed by atoms with van der Waals surface area (Å²) in [7, 11) is 0. The molecule has 0 amide bonds. The van der Waals surface area contributed by atoms with Crippen molar-refractivity contribution in [2.75, 3.05) is 31.1 Å². The molecule has 24 heavy (non-hydrogen) atoms. The van der Waals surface area contributed by atoms with Gasteiger partial charge in [-0.25, -0.2) is 9.78 Å². The number of aromatic nitrogens is 1. The molecule has 0 spiro atoms. The first-order valence-corrected chi connectivity index (χ1v) is 9.15. The topological polar surface area (TPSA) is 56.7 Å². The molecule has 1 aliphatic carbocycles. The van der Waals surface area contributed by atoms with Gasteiger partial charge in [-0.05, 0) is 50.2 Å². The van der Waals surface area contributed by atoms with Crippen LogP contribution in [0.1, 0.15) is 49.2 Å². The summed E-state index contributed by atoms with van der Waals surface area (Å²) in [5.41, 5.74) is 1.19. The van der Waals surface area contributed by atoms with E-state index in [0.717, 1.165) is 37.7 Å². The van der Waals surface area contributed by atoms with E-state index in [0.29, 0.717) is 23.3 Å². The van der Waals surface area contributed by atoms with E-state index in [9.17, 15) is 9.90 Å². The molecule has 1 aromatic rings. The minimum Gasteiger partial charge on any atom is -0.478 e. The largest absolute Gasteiger partial charge is 0.478 e. The third kappa shape index (κ3) is 3.89. The normalized spacial score (nSPS) is 22.7. The Labute approximate surface area is 144 Å². The summed E-state index contributed by atoms with van der Waals surface area (Å²) in [5, 5.41) is 9.53. The number of hydrogen-bond donors (Lipinski definition) is 1. The predicted molar refractivity (Wildman–Crippen MR) is 95.7 cm³/mol. The van der Waals surface area contributed by atoms with Gasteiger partial charge in [-0.3, -0.25) is 4.90 Å². The van der Waals surface area contributed by atoms with E-state index in [1.165, 1.54) is 19.4 Å². The standard InChI is InChI=1S/C19H29N3O2/c1-13(2)17-12-22(10-4-9-21(17)11-15-6-7-15)18-16(19(23)24)8-5-14(3)20-18/h5,8,13,15,17H,4,6-7,9-12H2,1-3H3,(H,23,24). The van der Waals surface area contributed by atoms with Crippen LogP contribution in [0.15, 0.2) is 12.1 Å². The summed E-state index contributed by atoms with van der Waals surface area (Å²) in [5.74, 6) is 1.17. The molecule has 1 atom stereocenters. The van der Waals surface area contributed by atoms with Gasteiger partial charge in [-0.2, -0.15) is 0 Å². The van der Waals surface area contributed by atoms with Crippen LogP contribution in [0.25, 0.3) is 0 Å². The SMILES string of the molecule is Cc1ccc(C(=O)O)c(N2CCCN(CC3CC3)C(C(C)C)C2)n1. The molecule has 1 N–H and O–H groups in total. The Hall–Kier alpha value is -1.62. The van der Waals surface area contributed by atoms with Crippen molar-refractivity contribution >= 4 is 11.8 Å². The molecule has 0 radical (unpaired) electrons.